The zero-order chi connectivity index (χ0) is 111. The Kier molecular flexibility index (Phi) is 54.0. The molecule has 20 amide bonds. The molecule has 0 saturated heterocycles. The third-order valence-electron chi connectivity index (χ3n) is 24.6. The molecule has 1 fully saturated rings. The Bertz CT molecular complexity index is 5050. The summed E-state index contributed by atoms with van der Waals surface area (Å²) in [5.74, 6) is -25.8. The number of nitrogens with two attached hydrogens (primary N) is 6. The molecule has 0 spiro atoms. The van der Waals surface area contributed by atoms with Crippen molar-refractivity contribution in [3.8, 4) is 0 Å². The molecule has 1 aromatic carbocycles. The van der Waals surface area contributed by atoms with Gasteiger partial charge in [0, 0.05) is 67.6 Å². The number of imidazole rings is 1. The van der Waals surface area contributed by atoms with Crippen LogP contribution in [-0.2, 0) is 118 Å². The Morgan fingerprint density at radius 3 is 1.39 bits per heavy atom. The smallest absolute Gasteiger partial charge is 0.305 e. The van der Waals surface area contributed by atoms with E-state index in [1.54, 1.807) is 92.1 Å². The SMILES string of the molecule is CC[C@H](C)[C@H](NC(=O)[C@H](CCC(=O)O)NC(=O)C(C)(C)NC(=O)[C@@H](NC(=O)C([NH])C1CCCC1)C(C)C)C(=O)N[C@@H](CCC(N)=O)C(=O)N[C@@H](CC(C)C)C(=O)N[C@@H](CCSC)C(=O)N[C@@H](Cc1cnc[nH]1)C(=O)N[C@@H](CCC(N)=O)C(=O)N[C@@H](CCCCNC(=N)N)C(=O)N[C@@H](C)C(=O)N[C@@H](CCCCN)C(=O)N[C@@H](Cc1c[nH]c2ccccc12)C(=O)N[C@@H](CC(C)C)C(=O)N[C@@H](CC(N)=O)C(=O)N[C@@H](CC(=O)O)C(N)=O. The first kappa shape index (κ1) is 126. The summed E-state index contributed by atoms with van der Waals surface area (Å²) in [7, 11) is 0. The van der Waals surface area contributed by atoms with Gasteiger partial charge in [-0.2, -0.15) is 11.8 Å². The van der Waals surface area contributed by atoms with E-state index in [9.17, 15) is 111 Å². The lowest BCUT2D eigenvalue weighted by Crippen LogP contribution is -2.64. The molecule has 1 saturated carbocycles. The Morgan fingerprint density at radius 1 is 0.466 bits per heavy atom. The number of unbranched alkanes of at least 4 members (excludes halogenated alkanes) is 2. The number of aliphatic carboxylic acids is 2. The molecule has 1 radical (unpaired) electrons. The number of amides is 20. The molecule has 17 atom stereocenters. The second-order valence-corrected chi connectivity index (χ2v) is 39.8. The summed E-state index contributed by atoms with van der Waals surface area (Å²) in [4.78, 5) is 315. The van der Waals surface area contributed by atoms with Crippen molar-refractivity contribution in [2.24, 2.45) is 64.0 Å². The first-order valence-corrected chi connectivity index (χ1v) is 51.0. The van der Waals surface area contributed by atoms with Crippen LogP contribution in [-0.4, -0.2) is 289 Å². The van der Waals surface area contributed by atoms with Gasteiger partial charge in [-0.25, -0.2) is 10.7 Å². The van der Waals surface area contributed by atoms with E-state index in [1.807, 2.05) is 0 Å². The molecular weight excluding hydrogens is 1950 g/mol. The quantitative estimate of drug-likeness (QED) is 0.0143. The fourth-order valence-corrected chi connectivity index (χ4v) is 16.5. The van der Waals surface area contributed by atoms with Gasteiger partial charge in [0.15, 0.2) is 5.96 Å². The number of thioether (sulfide) groups is 1. The van der Waals surface area contributed by atoms with Gasteiger partial charge in [-0.15, -0.1) is 0 Å². The van der Waals surface area contributed by atoms with Crippen molar-refractivity contribution in [2.75, 3.05) is 25.1 Å². The van der Waals surface area contributed by atoms with Gasteiger partial charge in [-0.05, 0) is 170 Å². The van der Waals surface area contributed by atoms with Crippen molar-refractivity contribution in [2.45, 2.75) is 332 Å². The number of para-hydroxylation sites is 1. The van der Waals surface area contributed by atoms with Crippen LogP contribution >= 0.6 is 11.8 Å². The molecule has 148 heavy (non-hydrogen) atoms. The van der Waals surface area contributed by atoms with E-state index in [-0.39, 0.29) is 101 Å². The number of nitrogens with one attached hydrogen (secondary N) is 21. The maximum Gasteiger partial charge on any atom is 0.305 e. The van der Waals surface area contributed by atoms with Gasteiger partial charge in [-0.3, -0.25) is 111 Å². The van der Waals surface area contributed by atoms with Gasteiger partial charge < -0.3 is 145 Å². The van der Waals surface area contributed by atoms with E-state index in [0.717, 1.165) is 12.8 Å². The van der Waals surface area contributed by atoms with Crippen LogP contribution in [0.5, 0.6) is 0 Å². The molecule has 53 heteroatoms. The fraction of sp³-hybridized carbons (Fsp3) is 0.642. The Hall–Kier alpha value is -14.2. The van der Waals surface area contributed by atoms with E-state index in [0.29, 0.717) is 35.7 Å². The minimum absolute atomic E-state index is 0.0915. The lowest BCUT2D eigenvalue weighted by Gasteiger charge is -2.32. The summed E-state index contributed by atoms with van der Waals surface area (Å²) in [6.45, 7) is 17.3. The van der Waals surface area contributed by atoms with Gasteiger partial charge in [0.2, 0.25) is 118 Å². The average Bonchev–Trinajstić information content (AvgIpc) is 1.72. The molecule has 2 heterocycles. The van der Waals surface area contributed by atoms with Crippen molar-refractivity contribution in [1.29, 1.82) is 5.41 Å². The molecule has 0 bridgehead atoms. The summed E-state index contributed by atoms with van der Waals surface area (Å²) in [5, 5.41) is 70.9. The van der Waals surface area contributed by atoms with Gasteiger partial charge in [0.25, 0.3) is 0 Å². The van der Waals surface area contributed by atoms with Crippen molar-refractivity contribution < 1.29 is 116 Å². The highest BCUT2D eigenvalue weighted by Gasteiger charge is 2.43. The summed E-state index contributed by atoms with van der Waals surface area (Å²) in [6.07, 6.45) is 3.16. The third-order valence-corrected chi connectivity index (χ3v) is 25.3. The molecule has 1 aliphatic carbocycles. The number of carbonyl (C=O) groups excluding carboxylic acids is 20. The zero-order valence-electron chi connectivity index (χ0n) is 86.0. The lowest BCUT2D eigenvalue weighted by molar-refractivity contribution is -0.141. The predicted molar refractivity (Wildman–Crippen MR) is 542 cm³/mol. The number of guanidine groups is 1. The van der Waals surface area contributed by atoms with Crippen LogP contribution < -0.4 is 131 Å². The topological polar surface area (TPSA) is 869 Å². The number of rotatable bonds is 70. The Balaban J connectivity index is 1.66. The van der Waals surface area contributed by atoms with Gasteiger partial charge in [0.1, 0.15) is 102 Å². The Labute approximate surface area is 862 Å². The van der Waals surface area contributed by atoms with Crippen LogP contribution in [0.2, 0.25) is 0 Å². The number of hydrogen-bond acceptors (Lipinski definition) is 26. The number of nitrogens with zero attached hydrogens (tertiary/aromatic N) is 1. The van der Waals surface area contributed by atoms with Gasteiger partial charge >= 0.3 is 11.9 Å². The second-order valence-electron chi connectivity index (χ2n) is 38.8. The first-order valence-electron chi connectivity index (χ1n) is 49.6. The van der Waals surface area contributed by atoms with Crippen molar-refractivity contribution in [3.05, 3.63) is 54.2 Å². The highest BCUT2D eigenvalue weighted by atomic mass is 32.2. The number of benzene rings is 1. The maximum absolute atomic E-state index is 15.0. The van der Waals surface area contributed by atoms with Gasteiger partial charge in [-0.1, -0.05) is 92.9 Å². The maximum atomic E-state index is 15.0. The molecule has 2 aromatic heterocycles. The van der Waals surface area contributed by atoms with Crippen LogP contribution in [0.1, 0.15) is 229 Å². The monoisotopic (exact) mass is 2100 g/mol. The van der Waals surface area contributed by atoms with Gasteiger partial charge in [0.05, 0.1) is 19.2 Å². The zero-order valence-corrected chi connectivity index (χ0v) is 86.8. The van der Waals surface area contributed by atoms with Crippen molar-refractivity contribution >= 4 is 159 Å². The highest BCUT2D eigenvalue weighted by molar-refractivity contribution is 7.98. The average molecular weight is 2100 g/mol. The van der Waals surface area contributed by atoms with E-state index < -0.39 is 314 Å². The molecule has 52 nitrogen and oxygen atoms in total. The molecule has 823 valence electrons. The minimum Gasteiger partial charge on any atom is -0.481 e. The van der Waals surface area contributed by atoms with E-state index in [2.05, 4.69) is 105 Å². The normalized spacial score (nSPS) is 15.5. The number of hydrogen-bond donors (Lipinski definition) is 28. The lowest BCUT2D eigenvalue weighted by atomic mass is 9.95. The second kappa shape index (κ2) is 63.4. The number of aromatic amines is 2. The number of fused-ring (bicyclic) bond motifs is 1. The molecule has 35 N–H and O–H groups in total. The van der Waals surface area contributed by atoms with Crippen LogP contribution in [0, 0.1) is 35.0 Å². The highest BCUT2D eigenvalue weighted by Crippen LogP contribution is 2.29. The number of aromatic nitrogens is 3. The van der Waals surface area contributed by atoms with Crippen LogP contribution in [0.4, 0.5) is 0 Å². The Morgan fingerprint density at radius 2 is 0.905 bits per heavy atom. The third kappa shape index (κ3) is 44.7. The number of carboxylic acids is 2. The first-order chi connectivity index (χ1) is 69.6. The van der Waals surface area contributed by atoms with Crippen molar-refractivity contribution in [3.63, 3.8) is 0 Å². The standard InChI is InChI=1S/C95H153N28O24S/c1-13-50(8)76(122-84(138)61(30-33-72(127)128)120-93(147)95(10,11)123-92(146)75(49(6)7)121-90(144)74(100)52-22-14-15-23-52)91(145)113-60(29-32-70(98)125)82(136)115-64(38-47(2)3)85(139)112-62(34-37-148-12)83(137)118-67(41-54-45-104-46-107-54)88(142)111-59(28-31-69(97)124)81(135)110-57(27-19-21-36-105-94(102)103)79(133)108-51(9)78(132)109-58(26-18-20-35-96)80(134)117-66(40-53-44-106-56-25-17-16-24-55(53)56)87(141)116-65(39-48(4)5)86(140)119-68(42-71(99)126)89(143)114-63(77(101)131)43-73(129)130/h16-17,24-25,44-52,57-68,74-76,100,106H,13-15,18-23,26-43,96H2,1-12H3,(H2,97,124)(H2,98,125)(H2,99,126)(H2,101,131)(H,104,107)(H,108,133)(H,109,132)(H,110,135)(H,111,142)(H,112,139)(H,113,145)(H,114,143)(H,115,136)(H,116,141)(H,117,134)(H,118,137)(H,119,140)(H,120,147)(H,121,144)(H,122,138)(H,123,146)(H,127,128)(H,129,130)(H4,102,103,105)/t50-,51-,57-,58-,59-,60-,61-,62-,63-,64-,65-,66-,67-,68-,74?,75-,76-/m0/s1. The van der Waals surface area contributed by atoms with Crippen molar-refractivity contribution in [1.82, 2.24) is 111 Å². The number of H-pyrrole nitrogens is 2. The molecule has 4 rings (SSSR count). The molecule has 0 aliphatic heterocycles. The summed E-state index contributed by atoms with van der Waals surface area (Å²) >= 11 is 1.25. The number of carboxylic acid groups (broad SMARTS) is 2. The summed E-state index contributed by atoms with van der Waals surface area (Å²) < 4.78 is 0. The fourth-order valence-electron chi connectivity index (χ4n) is 16.1. The largest absolute Gasteiger partial charge is 0.481 e. The number of carbonyl (C=O) groups is 22. The van der Waals surface area contributed by atoms with Crippen LogP contribution in [0.3, 0.4) is 0 Å². The predicted octanol–water partition coefficient (Wildman–Crippen LogP) is -4.73. The van der Waals surface area contributed by atoms with E-state index >= 15 is 4.79 Å². The molecular formula is C95H153N28O24S. The molecule has 1 aliphatic rings. The summed E-state index contributed by atoms with van der Waals surface area (Å²) in [5.41, 5.74) is 41.5. The van der Waals surface area contributed by atoms with E-state index in [1.165, 1.54) is 45.1 Å². The van der Waals surface area contributed by atoms with Crippen LogP contribution in [0.25, 0.3) is 10.9 Å². The number of primary amides is 4. The minimum atomic E-state index is -1.85. The van der Waals surface area contributed by atoms with Crippen LogP contribution in [0.15, 0.2) is 43.0 Å². The summed E-state index contributed by atoms with van der Waals surface area (Å²) in [6, 6.07) is -18.4. The molecule has 1 unspecified atom stereocenters. The molecule has 3 aromatic rings. The van der Waals surface area contributed by atoms with E-state index in [4.69, 9.17) is 45.5 Å².